The third-order valence-electron chi connectivity index (χ3n) is 4.63. The van der Waals surface area contributed by atoms with Crippen LogP contribution in [0, 0.1) is 0 Å². The molecule has 1 aliphatic carbocycles. The van der Waals surface area contributed by atoms with Crippen LogP contribution in [0.4, 0.5) is 0 Å². The van der Waals surface area contributed by atoms with Crippen molar-refractivity contribution in [3.05, 3.63) is 65.2 Å². The van der Waals surface area contributed by atoms with Gasteiger partial charge in [0.05, 0.1) is 20.1 Å². The van der Waals surface area contributed by atoms with Crippen LogP contribution < -0.4 is 10.1 Å². The molecule has 0 saturated heterocycles. The highest BCUT2D eigenvalue weighted by Gasteiger charge is 2.34. The smallest absolute Gasteiger partial charge is 0.224 e. The van der Waals surface area contributed by atoms with Gasteiger partial charge in [0.2, 0.25) is 5.91 Å². The minimum Gasteiger partial charge on any atom is -0.497 e. The van der Waals surface area contributed by atoms with Crippen molar-refractivity contribution in [3.63, 3.8) is 0 Å². The maximum atomic E-state index is 12.2. The fourth-order valence-electron chi connectivity index (χ4n) is 3.36. The zero-order valence-electron chi connectivity index (χ0n) is 13.9. The second kappa shape index (κ2) is 7.05. The van der Waals surface area contributed by atoms with Gasteiger partial charge in [-0.3, -0.25) is 4.79 Å². The maximum absolute atomic E-state index is 12.2. The van der Waals surface area contributed by atoms with Crippen molar-refractivity contribution in [1.82, 2.24) is 5.32 Å². The first-order valence-electron chi connectivity index (χ1n) is 8.31. The number of aryl methyl sites for hydroxylation is 1. The second-order valence-corrected chi connectivity index (χ2v) is 6.35. The van der Waals surface area contributed by atoms with E-state index in [1.54, 1.807) is 7.11 Å². The van der Waals surface area contributed by atoms with Gasteiger partial charge in [0.25, 0.3) is 0 Å². The maximum Gasteiger partial charge on any atom is 0.224 e. The summed E-state index contributed by atoms with van der Waals surface area (Å²) in [5, 5.41) is 13.9. The standard InChI is InChI=1S/C20H23NO3/c1-24-17-9-4-6-15(12-17)13-19(22)21-14-20(23)11-5-8-16-7-2-3-10-18(16)20/h2-4,6-7,9-10,12,23H,5,8,11,13-14H2,1H3,(H,21,22). The summed E-state index contributed by atoms with van der Waals surface area (Å²) in [6.45, 7) is 0.243. The molecule has 24 heavy (non-hydrogen) atoms. The third-order valence-corrected chi connectivity index (χ3v) is 4.63. The lowest BCUT2D eigenvalue weighted by atomic mass is 9.79. The number of benzene rings is 2. The molecule has 4 nitrogen and oxygen atoms in total. The predicted octanol–water partition coefficient (Wildman–Crippen LogP) is 2.58. The topological polar surface area (TPSA) is 58.6 Å². The second-order valence-electron chi connectivity index (χ2n) is 6.35. The van der Waals surface area contributed by atoms with E-state index in [1.807, 2.05) is 42.5 Å². The Bertz CT molecular complexity index is 728. The van der Waals surface area contributed by atoms with Gasteiger partial charge in [0.1, 0.15) is 11.4 Å². The summed E-state index contributed by atoms with van der Waals surface area (Å²) in [6.07, 6.45) is 2.86. The Balaban J connectivity index is 1.64. The van der Waals surface area contributed by atoms with Crippen molar-refractivity contribution in [2.45, 2.75) is 31.3 Å². The SMILES string of the molecule is COc1cccc(CC(=O)NCC2(O)CCCc3ccccc32)c1. The lowest BCUT2D eigenvalue weighted by Crippen LogP contribution is -2.43. The van der Waals surface area contributed by atoms with Crippen LogP contribution in [0.5, 0.6) is 5.75 Å². The average Bonchev–Trinajstić information content (AvgIpc) is 2.61. The minimum atomic E-state index is -0.973. The van der Waals surface area contributed by atoms with Crippen LogP contribution in [0.1, 0.15) is 29.5 Å². The van der Waals surface area contributed by atoms with Crippen LogP contribution >= 0.6 is 0 Å². The minimum absolute atomic E-state index is 0.0975. The number of nitrogens with one attached hydrogen (secondary N) is 1. The predicted molar refractivity (Wildman–Crippen MR) is 93.0 cm³/mol. The summed E-state index contributed by atoms with van der Waals surface area (Å²) in [5.74, 6) is 0.639. The molecule has 0 aromatic heterocycles. The first-order valence-corrected chi connectivity index (χ1v) is 8.31. The number of aliphatic hydroxyl groups is 1. The van der Waals surface area contributed by atoms with Crippen LogP contribution in [-0.2, 0) is 23.2 Å². The summed E-state index contributed by atoms with van der Waals surface area (Å²) in [7, 11) is 1.61. The average molecular weight is 325 g/mol. The van der Waals surface area contributed by atoms with Gasteiger partial charge in [-0.25, -0.2) is 0 Å². The Kier molecular flexibility index (Phi) is 4.86. The van der Waals surface area contributed by atoms with Gasteiger partial charge in [-0.05, 0) is 48.1 Å². The van der Waals surface area contributed by atoms with Crippen molar-refractivity contribution < 1.29 is 14.6 Å². The first kappa shape index (κ1) is 16.5. The third kappa shape index (κ3) is 3.60. The molecule has 0 radical (unpaired) electrons. The summed E-state index contributed by atoms with van der Waals surface area (Å²) in [6, 6.07) is 15.4. The van der Waals surface area contributed by atoms with Crippen LogP contribution in [0.25, 0.3) is 0 Å². The lowest BCUT2D eigenvalue weighted by molar-refractivity contribution is -0.122. The molecule has 2 aromatic carbocycles. The van der Waals surface area contributed by atoms with Crippen molar-refractivity contribution >= 4 is 5.91 Å². The molecular formula is C20H23NO3. The van der Waals surface area contributed by atoms with Gasteiger partial charge in [0, 0.05) is 0 Å². The van der Waals surface area contributed by atoms with Gasteiger partial charge >= 0.3 is 0 Å². The molecule has 1 unspecified atom stereocenters. The van der Waals surface area contributed by atoms with Gasteiger partial charge in [-0.2, -0.15) is 0 Å². The van der Waals surface area contributed by atoms with E-state index < -0.39 is 5.60 Å². The van der Waals surface area contributed by atoms with E-state index in [9.17, 15) is 9.90 Å². The summed E-state index contributed by atoms with van der Waals surface area (Å²) >= 11 is 0. The van der Waals surface area contributed by atoms with Crippen LogP contribution in [0.2, 0.25) is 0 Å². The molecular weight excluding hydrogens is 302 g/mol. The van der Waals surface area contributed by atoms with Crippen molar-refractivity contribution in [2.24, 2.45) is 0 Å². The molecule has 126 valence electrons. The Morgan fingerprint density at radius 2 is 2.08 bits per heavy atom. The molecule has 0 heterocycles. The fourth-order valence-corrected chi connectivity index (χ4v) is 3.36. The van der Waals surface area contributed by atoms with E-state index in [2.05, 4.69) is 11.4 Å². The summed E-state index contributed by atoms with van der Waals surface area (Å²) in [5.41, 5.74) is 2.04. The zero-order valence-corrected chi connectivity index (χ0v) is 13.9. The largest absolute Gasteiger partial charge is 0.497 e. The van der Waals surface area contributed by atoms with Crippen LogP contribution in [-0.4, -0.2) is 24.7 Å². The van der Waals surface area contributed by atoms with Crippen molar-refractivity contribution in [3.8, 4) is 5.75 Å². The van der Waals surface area contributed by atoms with E-state index in [4.69, 9.17) is 4.74 Å². The molecule has 0 aliphatic heterocycles. The molecule has 2 N–H and O–H groups in total. The quantitative estimate of drug-likeness (QED) is 0.888. The van der Waals surface area contributed by atoms with Crippen LogP contribution in [0.15, 0.2) is 48.5 Å². The molecule has 1 aliphatic rings. The number of carbonyl (C=O) groups is 1. The highest BCUT2D eigenvalue weighted by molar-refractivity contribution is 5.78. The Morgan fingerprint density at radius 1 is 1.25 bits per heavy atom. The zero-order chi connectivity index (χ0) is 17.0. The molecule has 0 bridgehead atoms. The number of hydrogen-bond acceptors (Lipinski definition) is 3. The molecule has 0 saturated carbocycles. The van der Waals surface area contributed by atoms with Gasteiger partial charge in [0.15, 0.2) is 0 Å². The van der Waals surface area contributed by atoms with E-state index in [-0.39, 0.29) is 18.9 Å². The summed E-state index contributed by atoms with van der Waals surface area (Å²) < 4.78 is 5.17. The number of ether oxygens (including phenoxy) is 1. The Morgan fingerprint density at radius 3 is 2.92 bits per heavy atom. The number of methoxy groups -OCH3 is 1. The summed E-state index contributed by atoms with van der Waals surface area (Å²) in [4.78, 5) is 12.2. The number of fused-ring (bicyclic) bond motifs is 1. The molecule has 2 aromatic rings. The number of carbonyl (C=O) groups excluding carboxylic acids is 1. The molecule has 4 heteroatoms. The normalized spacial score (nSPS) is 19.4. The van der Waals surface area contributed by atoms with E-state index in [0.29, 0.717) is 6.42 Å². The Hall–Kier alpha value is -2.33. The molecule has 3 rings (SSSR count). The molecule has 0 spiro atoms. The van der Waals surface area contributed by atoms with Gasteiger partial charge < -0.3 is 15.2 Å². The highest BCUT2D eigenvalue weighted by atomic mass is 16.5. The van der Waals surface area contributed by atoms with Crippen LogP contribution in [0.3, 0.4) is 0 Å². The van der Waals surface area contributed by atoms with Gasteiger partial charge in [-0.15, -0.1) is 0 Å². The molecule has 0 fully saturated rings. The van der Waals surface area contributed by atoms with Gasteiger partial charge in [-0.1, -0.05) is 36.4 Å². The fraction of sp³-hybridized carbons (Fsp3) is 0.350. The lowest BCUT2D eigenvalue weighted by Gasteiger charge is -2.34. The number of amides is 1. The van der Waals surface area contributed by atoms with E-state index in [0.717, 1.165) is 29.7 Å². The highest BCUT2D eigenvalue weighted by Crippen LogP contribution is 2.34. The van der Waals surface area contributed by atoms with Crippen molar-refractivity contribution in [2.75, 3.05) is 13.7 Å². The monoisotopic (exact) mass is 325 g/mol. The number of hydrogen-bond donors (Lipinski definition) is 2. The van der Waals surface area contributed by atoms with Crippen molar-refractivity contribution in [1.29, 1.82) is 0 Å². The number of rotatable bonds is 5. The Labute approximate surface area is 142 Å². The van der Waals surface area contributed by atoms with E-state index in [1.165, 1.54) is 5.56 Å². The first-order chi connectivity index (χ1) is 11.6. The molecule has 1 atom stereocenters. The van der Waals surface area contributed by atoms with E-state index >= 15 is 0 Å². The molecule has 1 amide bonds.